The summed E-state index contributed by atoms with van der Waals surface area (Å²) in [4.78, 5) is 27.8. The van der Waals surface area contributed by atoms with Gasteiger partial charge in [0.2, 0.25) is 0 Å². The number of nitrogens with one attached hydrogen (secondary N) is 1. The lowest BCUT2D eigenvalue weighted by molar-refractivity contribution is 0.0526. The van der Waals surface area contributed by atoms with Gasteiger partial charge in [-0.25, -0.2) is 9.78 Å². The van der Waals surface area contributed by atoms with Crippen LogP contribution in [0.3, 0.4) is 0 Å². The van der Waals surface area contributed by atoms with Gasteiger partial charge in [-0.2, -0.15) is 8.78 Å². The summed E-state index contributed by atoms with van der Waals surface area (Å²) in [7, 11) is 0. The number of carbonyl (C=O) groups is 2. The van der Waals surface area contributed by atoms with Crippen LogP contribution >= 0.6 is 11.8 Å². The molecule has 1 aromatic heterocycles. The van der Waals surface area contributed by atoms with Crippen LogP contribution in [0.1, 0.15) is 27.6 Å². The predicted octanol–water partition coefficient (Wildman–Crippen LogP) is 3.83. The topological polar surface area (TPSA) is 68.3 Å². The van der Waals surface area contributed by atoms with Gasteiger partial charge in [0.1, 0.15) is 5.03 Å². The van der Waals surface area contributed by atoms with Crippen LogP contribution in [0.25, 0.3) is 0 Å². The Kier molecular flexibility index (Phi) is 6.25. The summed E-state index contributed by atoms with van der Waals surface area (Å²) >= 11 is 0.199. The highest BCUT2D eigenvalue weighted by atomic mass is 32.2. The maximum Gasteiger partial charge on any atom is 0.338 e. The molecular formula is C16H14F2N2O3S. The van der Waals surface area contributed by atoms with Gasteiger partial charge >= 0.3 is 5.97 Å². The number of nitrogens with zero attached hydrogens (tertiary/aromatic N) is 1. The summed E-state index contributed by atoms with van der Waals surface area (Å²) in [6.07, 6.45) is 1.34. The highest BCUT2D eigenvalue weighted by molar-refractivity contribution is 7.99. The highest BCUT2D eigenvalue weighted by Gasteiger charge is 2.17. The minimum absolute atomic E-state index is 0.0318. The standard InChI is InChI=1S/C16H14F2N2O3S/c1-2-23-15(22)10-5-3-6-11(9-10)20-13(21)12-7-4-8-19-14(12)24-16(17)18/h3-9,16H,2H2,1H3,(H,20,21). The zero-order valence-corrected chi connectivity index (χ0v) is 13.5. The number of aromatic nitrogens is 1. The first kappa shape index (κ1) is 17.9. The molecule has 0 radical (unpaired) electrons. The smallest absolute Gasteiger partial charge is 0.338 e. The van der Waals surface area contributed by atoms with Crippen molar-refractivity contribution in [3.8, 4) is 0 Å². The minimum Gasteiger partial charge on any atom is -0.462 e. The number of benzene rings is 1. The van der Waals surface area contributed by atoms with Crippen LogP contribution in [0.4, 0.5) is 14.5 Å². The summed E-state index contributed by atoms with van der Waals surface area (Å²) in [6.45, 7) is 1.92. The van der Waals surface area contributed by atoms with E-state index in [0.717, 1.165) is 0 Å². The second-order valence-corrected chi connectivity index (χ2v) is 5.47. The summed E-state index contributed by atoms with van der Waals surface area (Å²) in [5, 5.41) is 2.50. The summed E-state index contributed by atoms with van der Waals surface area (Å²) in [5.74, 6) is -3.78. The second kappa shape index (κ2) is 8.39. The average Bonchev–Trinajstić information content (AvgIpc) is 2.55. The minimum atomic E-state index is -2.68. The number of esters is 1. The van der Waals surface area contributed by atoms with E-state index in [9.17, 15) is 18.4 Å². The number of thioether (sulfide) groups is 1. The van der Waals surface area contributed by atoms with Crippen LogP contribution in [0.5, 0.6) is 0 Å². The first-order valence-corrected chi connectivity index (χ1v) is 7.87. The van der Waals surface area contributed by atoms with Gasteiger partial charge in [-0.15, -0.1) is 0 Å². The number of alkyl halides is 2. The van der Waals surface area contributed by atoms with Gasteiger partial charge in [-0.05, 0) is 49.0 Å². The number of hydrogen-bond donors (Lipinski definition) is 1. The van der Waals surface area contributed by atoms with Crippen molar-refractivity contribution < 1.29 is 23.1 Å². The molecule has 0 saturated carbocycles. The van der Waals surface area contributed by atoms with Crippen LogP contribution in [0, 0.1) is 0 Å². The Morgan fingerprint density at radius 1 is 1.29 bits per heavy atom. The van der Waals surface area contributed by atoms with E-state index in [4.69, 9.17) is 4.74 Å². The third-order valence-electron chi connectivity index (χ3n) is 2.85. The van der Waals surface area contributed by atoms with Crippen LogP contribution < -0.4 is 5.32 Å². The van der Waals surface area contributed by atoms with Gasteiger partial charge in [0, 0.05) is 11.9 Å². The Hall–Kier alpha value is -2.48. The lowest BCUT2D eigenvalue weighted by atomic mass is 10.2. The molecule has 24 heavy (non-hydrogen) atoms. The zero-order valence-electron chi connectivity index (χ0n) is 12.7. The molecule has 0 spiro atoms. The van der Waals surface area contributed by atoms with Gasteiger partial charge in [0.25, 0.3) is 11.7 Å². The molecular weight excluding hydrogens is 338 g/mol. The fourth-order valence-corrected chi connectivity index (χ4v) is 2.46. The Bertz CT molecular complexity index is 741. The Balaban J connectivity index is 2.18. The van der Waals surface area contributed by atoms with Crippen LogP contribution in [0.15, 0.2) is 47.6 Å². The number of hydrogen-bond acceptors (Lipinski definition) is 5. The molecule has 1 heterocycles. The Morgan fingerprint density at radius 3 is 2.79 bits per heavy atom. The van der Waals surface area contributed by atoms with Gasteiger partial charge in [-0.1, -0.05) is 6.07 Å². The van der Waals surface area contributed by atoms with Crippen molar-refractivity contribution in [1.29, 1.82) is 0 Å². The van der Waals surface area contributed by atoms with Gasteiger partial charge < -0.3 is 10.1 Å². The quantitative estimate of drug-likeness (QED) is 0.632. The van der Waals surface area contributed by atoms with Gasteiger partial charge in [-0.3, -0.25) is 4.79 Å². The van der Waals surface area contributed by atoms with Crippen molar-refractivity contribution >= 4 is 29.3 Å². The number of halogens is 2. The molecule has 0 saturated heterocycles. The maximum atomic E-state index is 12.5. The molecule has 0 atom stereocenters. The molecule has 1 aromatic carbocycles. The number of amides is 1. The van der Waals surface area contributed by atoms with Crippen molar-refractivity contribution in [3.05, 3.63) is 53.7 Å². The van der Waals surface area contributed by atoms with Crippen LogP contribution in [-0.2, 0) is 4.74 Å². The van der Waals surface area contributed by atoms with E-state index in [1.165, 1.54) is 24.4 Å². The fraction of sp³-hybridized carbons (Fsp3) is 0.188. The summed E-state index contributed by atoms with van der Waals surface area (Å²) in [6, 6.07) is 9.06. The fourth-order valence-electron chi connectivity index (χ4n) is 1.88. The Morgan fingerprint density at radius 2 is 2.08 bits per heavy atom. The van der Waals surface area contributed by atoms with Crippen molar-refractivity contribution in [3.63, 3.8) is 0 Å². The zero-order chi connectivity index (χ0) is 17.5. The molecule has 2 rings (SSSR count). The number of carbonyl (C=O) groups excluding carboxylic acids is 2. The lowest BCUT2D eigenvalue weighted by Crippen LogP contribution is -2.14. The van der Waals surface area contributed by atoms with Crippen LogP contribution in [-0.4, -0.2) is 29.2 Å². The van der Waals surface area contributed by atoms with E-state index in [2.05, 4.69) is 10.3 Å². The number of rotatable bonds is 6. The average molecular weight is 352 g/mol. The van der Waals surface area contributed by atoms with Crippen molar-refractivity contribution in [2.45, 2.75) is 17.7 Å². The molecule has 0 unspecified atom stereocenters. The molecule has 0 aliphatic carbocycles. The lowest BCUT2D eigenvalue weighted by Gasteiger charge is -2.09. The van der Waals surface area contributed by atoms with E-state index < -0.39 is 17.6 Å². The second-order valence-electron chi connectivity index (χ2n) is 4.49. The van der Waals surface area contributed by atoms with Crippen LogP contribution in [0.2, 0.25) is 0 Å². The van der Waals surface area contributed by atoms with Gasteiger partial charge in [0.05, 0.1) is 17.7 Å². The summed E-state index contributed by atoms with van der Waals surface area (Å²) in [5.41, 5.74) is 0.662. The third kappa shape index (κ3) is 4.76. The first-order chi connectivity index (χ1) is 11.5. The van der Waals surface area contributed by atoms with Crippen molar-refractivity contribution in [1.82, 2.24) is 4.98 Å². The largest absolute Gasteiger partial charge is 0.462 e. The number of ether oxygens (including phenoxy) is 1. The molecule has 0 aliphatic rings. The van der Waals surface area contributed by atoms with E-state index in [-0.39, 0.29) is 34.5 Å². The molecule has 2 aromatic rings. The number of pyridine rings is 1. The summed E-state index contributed by atoms with van der Waals surface area (Å²) < 4.78 is 30.0. The monoisotopic (exact) mass is 352 g/mol. The van der Waals surface area contributed by atoms with Gasteiger partial charge in [0.15, 0.2) is 0 Å². The third-order valence-corrected chi connectivity index (χ3v) is 3.57. The van der Waals surface area contributed by atoms with Crippen molar-refractivity contribution in [2.24, 2.45) is 0 Å². The molecule has 1 N–H and O–H groups in total. The number of anilines is 1. The molecule has 1 amide bonds. The van der Waals surface area contributed by atoms with Crippen molar-refractivity contribution in [2.75, 3.05) is 11.9 Å². The molecule has 0 aliphatic heterocycles. The normalized spacial score (nSPS) is 10.5. The molecule has 0 fully saturated rings. The van der Waals surface area contributed by atoms with E-state index in [1.807, 2.05) is 0 Å². The molecule has 8 heteroatoms. The van der Waals surface area contributed by atoms with E-state index >= 15 is 0 Å². The van der Waals surface area contributed by atoms with E-state index in [0.29, 0.717) is 5.69 Å². The SMILES string of the molecule is CCOC(=O)c1cccc(NC(=O)c2cccnc2SC(F)F)c1. The van der Waals surface area contributed by atoms with E-state index in [1.54, 1.807) is 25.1 Å². The molecule has 5 nitrogen and oxygen atoms in total. The highest BCUT2D eigenvalue weighted by Crippen LogP contribution is 2.26. The Labute approximate surface area is 141 Å². The first-order valence-electron chi connectivity index (χ1n) is 6.99. The molecule has 126 valence electrons. The predicted molar refractivity (Wildman–Crippen MR) is 86.4 cm³/mol. The maximum absolute atomic E-state index is 12.5. The molecule has 0 bridgehead atoms.